The van der Waals surface area contributed by atoms with E-state index in [1.54, 1.807) is 0 Å². The molecule has 44 valence electrons. The average Bonchev–Trinajstić information content (AvgIpc) is 1.69. The van der Waals surface area contributed by atoms with Crippen molar-refractivity contribution in [3.63, 3.8) is 0 Å². The van der Waals surface area contributed by atoms with Gasteiger partial charge in [-0.3, -0.25) is 0 Å². The van der Waals surface area contributed by atoms with Crippen LogP contribution in [0.2, 0.25) is 0 Å². The second kappa shape index (κ2) is 26.3. The minimum Gasteiger partial charge on any atom is -0.554 e. The Labute approximate surface area is 69.4 Å². The molecule has 0 aliphatic carbocycles. The number of carboxylic acid groups (broad SMARTS) is 1. The van der Waals surface area contributed by atoms with Crippen LogP contribution in [0, 0.1) is 0 Å². The van der Waals surface area contributed by atoms with Crippen LogP contribution in [-0.2, 0) is 4.79 Å². The van der Waals surface area contributed by atoms with E-state index in [1.165, 1.54) is 0 Å². The Bertz CT molecular complexity index is 30.5. The minimum atomic E-state index is -0.500. The molecule has 0 aromatic heterocycles. The van der Waals surface area contributed by atoms with Gasteiger partial charge in [-0.25, -0.2) is 0 Å². The maximum Gasteiger partial charge on any atom is 1.00 e. The summed E-state index contributed by atoms with van der Waals surface area (Å²) < 4.78 is 0. The second-order valence-corrected chi connectivity index (χ2v) is 0.543. The molecule has 0 aliphatic heterocycles. The van der Waals surface area contributed by atoms with Crippen LogP contribution in [-0.4, -0.2) is 29.9 Å². The zero-order valence-corrected chi connectivity index (χ0v) is 6.70. The van der Waals surface area contributed by atoms with Crippen molar-refractivity contribution >= 4 is 6.47 Å². The van der Waals surface area contributed by atoms with E-state index >= 15 is 0 Å². The maximum absolute atomic E-state index is 8.25. The molecule has 0 radical (unpaired) electrons. The van der Waals surface area contributed by atoms with Crippen LogP contribution < -0.4 is 34.7 Å². The van der Waals surface area contributed by atoms with Crippen LogP contribution in [0.3, 0.4) is 0 Å². The predicted octanol–water partition coefficient (Wildman–Crippen LogP) is -5.66. The Morgan fingerprint density at radius 1 is 1.38 bits per heavy atom. The topological polar surface area (TPSA) is 80.6 Å². The first-order chi connectivity index (χ1) is 3.33. The van der Waals surface area contributed by atoms with E-state index in [-0.39, 0.29) is 42.8 Å². The van der Waals surface area contributed by atoms with Gasteiger partial charge < -0.3 is 20.1 Å². The van der Waals surface area contributed by atoms with Gasteiger partial charge in [0.2, 0.25) is 0 Å². The second-order valence-electron chi connectivity index (χ2n) is 0.543. The van der Waals surface area contributed by atoms with Gasteiger partial charge >= 0.3 is 29.6 Å². The van der Waals surface area contributed by atoms with Gasteiger partial charge in [-0.1, -0.05) is 0 Å². The Hall–Kier alpha value is 0.390. The van der Waals surface area contributed by atoms with E-state index in [4.69, 9.17) is 20.1 Å². The molecule has 0 saturated heterocycles. The Morgan fingerprint density at radius 2 is 1.50 bits per heavy atom. The number of aliphatic hydroxyl groups excluding tert-OH is 2. The number of carbonyl (C=O) groups excluding carboxylic acids is 1. The Kier molecular flexibility index (Phi) is 51.8. The first-order valence-corrected chi connectivity index (χ1v) is 1.60. The zero-order chi connectivity index (χ0) is 6.12. The molecule has 5 heteroatoms. The molecule has 4 nitrogen and oxygen atoms in total. The fourth-order valence-corrected chi connectivity index (χ4v) is 0. The SMILES string of the molecule is O=C[O-].OCCO.[Na+]. The normalized spacial score (nSPS) is 5.25. The monoisotopic (exact) mass is 130 g/mol. The number of hydrogen-bond acceptors (Lipinski definition) is 4. The molecule has 0 aromatic rings. The van der Waals surface area contributed by atoms with Crippen molar-refractivity contribution in [1.29, 1.82) is 0 Å². The number of aliphatic hydroxyl groups is 2. The molecule has 2 N–H and O–H groups in total. The summed E-state index contributed by atoms with van der Waals surface area (Å²) >= 11 is 0. The van der Waals surface area contributed by atoms with E-state index in [0.717, 1.165) is 0 Å². The molecule has 0 rings (SSSR count). The Balaban J connectivity index is -0.0000000575. The molecule has 0 spiro atoms. The van der Waals surface area contributed by atoms with Crippen molar-refractivity contribution in [3.05, 3.63) is 0 Å². The molecular weight excluding hydrogens is 123 g/mol. The van der Waals surface area contributed by atoms with Gasteiger partial charge in [0.15, 0.2) is 0 Å². The summed E-state index contributed by atoms with van der Waals surface area (Å²) in [5.74, 6) is 0. The standard InChI is InChI=1S/C2H6O2.CH2O2.Na/c3-1-2-4;2-1-3;/h3-4H,1-2H2;1H,(H,2,3);/q;;+1/p-1. The number of hydrogen-bond donors (Lipinski definition) is 2. The third-order valence-electron chi connectivity index (χ3n) is 0.1000. The van der Waals surface area contributed by atoms with Gasteiger partial charge in [0.25, 0.3) is 0 Å². The van der Waals surface area contributed by atoms with Crippen molar-refractivity contribution in [2.45, 2.75) is 0 Å². The van der Waals surface area contributed by atoms with Gasteiger partial charge in [-0.05, 0) is 0 Å². The summed E-state index contributed by atoms with van der Waals surface area (Å²) in [6.07, 6.45) is 0. The largest absolute Gasteiger partial charge is 1.00 e. The van der Waals surface area contributed by atoms with Gasteiger partial charge in [0, 0.05) is 6.47 Å². The zero-order valence-electron chi connectivity index (χ0n) is 4.70. The molecular formula is C3H7NaO4. The smallest absolute Gasteiger partial charge is 0.554 e. The van der Waals surface area contributed by atoms with E-state index in [0.29, 0.717) is 0 Å². The van der Waals surface area contributed by atoms with E-state index in [2.05, 4.69) is 0 Å². The van der Waals surface area contributed by atoms with E-state index in [1.807, 2.05) is 0 Å². The first kappa shape index (κ1) is 15.8. The van der Waals surface area contributed by atoms with Crippen LogP contribution in [0.25, 0.3) is 0 Å². The summed E-state index contributed by atoms with van der Waals surface area (Å²) in [5.41, 5.74) is 0. The van der Waals surface area contributed by atoms with Crippen molar-refractivity contribution in [1.82, 2.24) is 0 Å². The van der Waals surface area contributed by atoms with Crippen molar-refractivity contribution in [3.8, 4) is 0 Å². The van der Waals surface area contributed by atoms with E-state index < -0.39 is 6.47 Å². The van der Waals surface area contributed by atoms with Gasteiger partial charge in [0.1, 0.15) is 0 Å². The summed E-state index contributed by atoms with van der Waals surface area (Å²) in [7, 11) is 0. The summed E-state index contributed by atoms with van der Waals surface area (Å²) in [6, 6.07) is 0. The van der Waals surface area contributed by atoms with Crippen LogP contribution in [0.5, 0.6) is 0 Å². The molecule has 0 unspecified atom stereocenters. The molecule has 0 saturated carbocycles. The summed E-state index contributed by atoms with van der Waals surface area (Å²) in [5, 5.41) is 23.5. The number of rotatable bonds is 1. The number of carbonyl (C=O) groups is 1. The van der Waals surface area contributed by atoms with E-state index in [9.17, 15) is 0 Å². The molecule has 0 atom stereocenters. The third kappa shape index (κ3) is 96.1. The van der Waals surface area contributed by atoms with Crippen LogP contribution in [0.4, 0.5) is 0 Å². The molecule has 8 heavy (non-hydrogen) atoms. The van der Waals surface area contributed by atoms with Crippen molar-refractivity contribution < 1.29 is 49.7 Å². The van der Waals surface area contributed by atoms with Crippen molar-refractivity contribution in [2.24, 2.45) is 0 Å². The van der Waals surface area contributed by atoms with Crippen LogP contribution in [0.1, 0.15) is 0 Å². The van der Waals surface area contributed by atoms with Gasteiger partial charge in [-0.2, -0.15) is 0 Å². The molecule has 0 aromatic carbocycles. The third-order valence-corrected chi connectivity index (χ3v) is 0.1000. The first-order valence-electron chi connectivity index (χ1n) is 1.60. The molecule has 0 bridgehead atoms. The molecule has 0 fully saturated rings. The van der Waals surface area contributed by atoms with Gasteiger partial charge in [-0.15, -0.1) is 0 Å². The predicted molar refractivity (Wildman–Crippen MR) is 20.2 cm³/mol. The fourth-order valence-electron chi connectivity index (χ4n) is 0. The molecule has 0 heterocycles. The summed E-state index contributed by atoms with van der Waals surface area (Å²) in [6.45, 7) is -0.750. The fraction of sp³-hybridized carbons (Fsp3) is 0.667. The van der Waals surface area contributed by atoms with Gasteiger partial charge in [0.05, 0.1) is 13.2 Å². The quantitative estimate of drug-likeness (QED) is 0.274. The maximum atomic E-state index is 8.25. The average molecular weight is 130 g/mol. The Morgan fingerprint density at radius 3 is 1.50 bits per heavy atom. The molecule has 0 amide bonds. The van der Waals surface area contributed by atoms with Crippen LogP contribution >= 0.6 is 0 Å². The van der Waals surface area contributed by atoms with Crippen molar-refractivity contribution in [2.75, 3.05) is 13.2 Å². The minimum absolute atomic E-state index is 0. The molecule has 0 aliphatic rings. The van der Waals surface area contributed by atoms with Crippen LogP contribution in [0.15, 0.2) is 0 Å². The summed E-state index contributed by atoms with van der Waals surface area (Å²) in [4.78, 5) is 8.25.